The van der Waals surface area contributed by atoms with Gasteiger partial charge in [0.1, 0.15) is 11.6 Å². The van der Waals surface area contributed by atoms with E-state index in [0.717, 1.165) is 105 Å². The second kappa shape index (κ2) is 14.5. The SMILES string of the molecule is CC1(NC(=O)O)CCN(C2CCN(c3nc(C(COC4CCCCO4)(OC4CC4)c4cc(F)cc(F)c4)c4cc(I)ccc4n3)CC2)CC1. The molecule has 3 saturated heterocycles. The molecule has 264 valence electrons. The van der Waals surface area contributed by atoms with Crippen molar-refractivity contribution in [1.82, 2.24) is 20.2 Å². The normalized spacial score (nSPS) is 23.3. The Kier molecular flexibility index (Phi) is 10.3. The predicted octanol–water partition coefficient (Wildman–Crippen LogP) is 6.57. The van der Waals surface area contributed by atoms with Crippen molar-refractivity contribution in [3.05, 3.63) is 62.9 Å². The lowest BCUT2D eigenvalue weighted by Gasteiger charge is -2.45. The second-order valence-electron chi connectivity index (χ2n) is 14.2. The summed E-state index contributed by atoms with van der Waals surface area (Å²) < 4.78 is 50.3. The molecule has 1 aromatic heterocycles. The fraction of sp³-hybridized carbons (Fsp3) is 0.583. The van der Waals surface area contributed by atoms with E-state index in [1.807, 2.05) is 25.1 Å². The van der Waals surface area contributed by atoms with E-state index in [1.165, 1.54) is 12.1 Å². The van der Waals surface area contributed by atoms with Crippen LogP contribution >= 0.6 is 22.6 Å². The van der Waals surface area contributed by atoms with Crippen molar-refractivity contribution in [3.63, 3.8) is 0 Å². The first kappa shape index (κ1) is 34.7. The molecule has 2 unspecified atom stereocenters. The number of benzene rings is 2. The van der Waals surface area contributed by atoms with Crippen molar-refractivity contribution in [3.8, 4) is 0 Å². The molecule has 2 N–H and O–H groups in total. The summed E-state index contributed by atoms with van der Waals surface area (Å²) in [7, 11) is 0. The van der Waals surface area contributed by atoms with E-state index in [2.05, 4.69) is 37.7 Å². The highest BCUT2D eigenvalue weighted by atomic mass is 127. The largest absolute Gasteiger partial charge is 0.465 e. The number of carbonyl (C=O) groups is 1. The van der Waals surface area contributed by atoms with Gasteiger partial charge in [-0.25, -0.2) is 23.5 Å². The van der Waals surface area contributed by atoms with Gasteiger partial charge in [0.05, 0.1) is 23.9 Å². The maximum absolute atomic E-state index is 15.0. The molecule has 4 heterocycles. The standard InChI is InChI=1S/C36H44F2IN5O5/c1-35(42-34(45)46)11-15-43(16-12-35)27-9-13-44(14-10-27)33-40-30-8-5-26(39)21-29(30)32(41-33)36(49-28-6-7-28,22-48-31-4-2-3-17-47-31)23-18-24(37)20-25(38)19-23/h5,8,18-21,27-28,31,42H,2-4,6-7,9-17,22H2,1H3,(H,45,46). The highest BCUT2D eigenvalue weighted by molar-refractivity contribution is 14.1. The first-order valence-electron chi connectivity index (χ1n) is 17.4. The van der Waals surface area contributed by atoms with Gasteiger partial charge < -0.3 is 34.4 Å². The Morgan fingerprint density at radius 1 is 1.04 bits per heavy atom. The molecule has 3 aromatic rings. The van der Waals surface area contributed by atoms with E-state index in [4.69, 9.17) is 24.2 Å². The minimum Gasteiger partial charge on any atom is -0.465 e. The lowest BCUT2D eigenvalue weighted by atomic mass is 9.87. The van der Waals surface area contributed by atoms with E-state index in [-0.39, 0.29) is 12.7 Å². The molecule has 0 spiro atoms. The topological polar surface area (TPSA) is 109 Å². The molecule has 1 amide bonds. The molecule has 7 rings (SSSR count). The van der Waals surface area contributed by atoms with Crippen LogP contribution in [0.15, 0.2) is 36.4 Å². The number of likely N-dealkylation sites (tertiary alicyclic amines) is 1. The molecule has 10 nitrogen and oxygen atoms in total. The molecule has 1 saturated carbocycles. The number of amides is 1. The van der Waals surface area contributed by atoms with Crippen molar-refractivity contribution < 1.29 is 32.9 Å². The van der Waals surface area contributed by atoms with Crippen LogP contribution in [0.25, 0.3) is 10.9 Å². The van der Waals surface area contributed by atoms with Crippen LogP contribution in [0.5, 0.6) is 0 Å². The van der Waals surface area contributed by atoms with Crippen LogP contribution in [0.3, 0.4) is 0 Å². The summed E-state index contributed by atoms with van der Waals surface area (Å²) in [6.45, 7) is 5.70. The van der Waals surface area contributed by atoms with Crippen molar-refractivity contribution in [2.24, 2.45) is 0 Å². The van der Waals surface area contributed by atoms with Crippen LogP contribution in [0.4, 0.5) is 19.5 Å². The molecule has 2 atom stereocenters. The smallest absolute Gasteiger partial charge is 0.405 e. The van der Waals surface area contributed by atoms with Gasteiger partial charge in [-0.3, -0.25) is 0 Å². The zero-order chi connectivity index (χ0) is 34.2. The van der Waals surface area contributed by atoms with Gasteiger partial charge in [0.15, 0.2) is 11.9 Å². The average molecular weight is 792 g/mol. The van der Waals surface area contributed by atoms with Gasteiger partial charge in [-0.05, 0) is 123 Å². The molecule has 4 fully saturated rings. The number of halogens is 3. The van der Waals surface area contributed by atoms with Crippen molar-refractivity contribution >= 4 is 45.5 Å². The maximum Gasteiger partial charge on any atom is 0.405 e. The minimum atomic E-state index is -1.42. The Balaban J connectivity index is 1.22. The van der Waals surface area contributed by atoms with Crippen LogP contribution < -0.4 is 10.2 Å². The Morgan fingerprint density at radius 3 is 2.43 bits per heavy atom. The first-order chi connectivity index (χ1) is 23.6. The second-order valence-corrected chi connectivity index (χ2v) is 15.4. The Labute approximate surface area is 299 Å². The van der Waals surface area contributed by atoms with Gasteiger partial charge in [0.25, 0.3) is 0 Å². The van der Waals surface area contributed by atoms with Crippen LogP contribution in [-0.2, 0) is 19.8 Å². The summed E-state index contributed by atoms with van der Waals surface area (Å²) in [5, 5.41) is 12.7. The Morgan fingerprint density at radius 2 is 1.78 bits per heavy atom. The Hall–Kier alpha value is -2.72. The number of anilines is 1. The summed E-state index contributed by atoms with van der Waals surface area (Å²) in [6.07, 6.45) is 6.17. The van der Waals surface area contributed by atoms with Crippen LogP contribution in [0.1, 0.15) is 76.0 Å². The van der Waals surface area contributed by atoms with Crippen LogP contribution in [0.2, 0.25) is 0 Å². The van der Waals surface area contributed by atoms with Gasteiger partial charge in [0, 0.05) is 59.4 Å². The van der Waals surface area contributed by atoms with E-state index >= 15 is 8.78 Å². The zero-order valence-corrected chi connectivity index (χ0v) is 30.0. The number of rotatable bonds is 10. The molecule has 1 aliphatic carbocycles. The van der Waals surface area contributed by atoms with Crippen LogP contribution in [0, 0.1) is 15.2 Å². The number of carboxylic acid groups (broad SMARTS) is 1. The van der Waals surface area contributed by atoms with Gasteiger partial charge in [0.2, 0.25) is 5.95 Å². The number of nitrogens with zero attached hydrogens (tertiary/aromatic N) is 4. The maximum atomic E-state index is 15.0. The number of piperidine rings is 2. The molecule has 0 bridgehead atoms. The highest BCUT2D eigenvalue weighted by Crippen LogP contribution is 2.44. The van der Waals surface area contributed by atoms with Crippen molar-refractivity contribution in [2.75, 3.05) is 44.3 Å². The van der Waals surface area contributed by atoms with Crippen molar-refractivity contribution in [2.45, 2.75) is 94.3 Å². The number of ether oxygens (including phenoxy) is 3. The lowest BCUT2D eigenvalue weighted by molar-refractivity contribution is -0.197. The third-order valence-electron chi connectivity index (χ3n) is 10.4. The summed E-state index contributed by atoms with van der Waals surface area (Å²) >= 11 is 2.26. The summed E-state index contributed by atoms with van der Waals surface area (Å²) in [6, 6.07) is 9.88. The van der Waals surface area contributed by atoms with Crippen molar-refractivity contribution in [1.29, 1.82) is 0 Å². The number of hydrogen-bond acceptors (Lipinski definition) is 8. The molecule has 13 heteroatoms. The molecular formula is C36H44F2IN5O5. The Bertz CT molecular complexity index is 1640. The van der Waals surface area contributed by atoms with Crippen LogP contribution in [-0.4, -0.2) is 89.4 Å². The molecule has 2 aromatic carbocycles. The average Bonchev–Trinajstić information content (AvgIpc) is 3.90. The number of nitrogens with one attached hydrogen (secondary N) is 1. The predicted molar refractivity (Wildman–Crippen MR) is 189 cm³/mol. The molecule has 3 aliphatic heterocycles. The summed E-state index contributed by atoms with van der Waals surface area (Å²) in [4.78, 5) is 26.2. The molecule has 0 radical (unpaired) electrons. The number of aromatic nitrogens is 2. The third-order valence-corrected chi connectivity index (χ3v) is 11.1. The first-order valence-corrected chi connectivity index (χ1v) is 18.5. The van der Waals surface area contributed by atoms with E-state index in [1.54, 1.807) is 0 Å². The minimum absolute atomic E-state index is 0.0270. The number of hydrogen-bond donors (Lipinski definition) is 2. The summed E-state index contributed by atoms with van der Waals surface area (Å²) in [5.41, 5.74) is -0.261. The molecular weight excluding hydrogens is 747 g/mol. The van der Waals surface area contributed by atoms with E-state index in [9.17, 15) is 9.90 Å². The lowest BCUT2D eigenvalue weighted by Crippen LogP contribution is -2.56. The molecule has 49 heavy (non-hydrogen) atoms. The summed E-state index contributed by atoms with van der Waals surface area (Å²) in [5.74, 6) is -0.840. The quantitative estimate of drug-likeness (QED) is 0.221. The van der Waals surface area contributed by atoms with E-state index in [0.29, 0.717) is 29.9 Å². The fourth-order valence-corrected chi connectivity index (χ4v) is 7.98. The van der Waals surface area contributed by atoms with Gasteiger partial charge >= 0.3 is 6.09 Å². The fourth-order valence-electron chi connectivity index (χ4n) is 7.49. The van der Waals surface area contributed by atoms with E-state index < -0.39 is 35.2 Å². The number of fused-ring (bicyclic) bond motifs is 1. The molecule has 4 aliphatic rings. The van der Waals surface area contributed by atoms with Gasteiger partial charge in [-0.2, -0.15) is 0 Å². The zero-order valence-electron chi connectivity index (χ0n) is 27.8. The van der Waals surface area contributed by atoms with Gasteiger partial charge in [-0.15, -0.1) is 0 Å². The monoisotopic (exact) mass is 791 g/mol. The third kappa shape index (κ3) is 7.95. The highest BCUT2D eigenvalue weighted by Gasteiger charge is 2.46. The van der Waals surface area contributed by atoms with Gasteiger partial charge in [-0.1, -0.05) is 0 Å².